The number of nitrogens with zero attached hydrogens (tertiary/aromatic N) is 4. The summed E-state index contributed by atoms with van der Waals surface area (Å²) in [6.07, 6.45) is 0.551. The Bertz CT molecular complexity index is 975. The average Bonchev–Trinajstić information content (AvgIpc) is 3.20. The van der Waals surface area contributed by atoms with E-state index in [1.807, 2.05) is 50.2 Å². The van der Waals surface area contributed by atoms with Gasteiger partial charge >= 0.3 is 12.0 Å². The third-order valence-electron chi connectivity index (χ3n) is 4.43. The number of benzene rings is 2. The number of tetrazole rings is 1. The Kier molecular flexibility index (Phi) is 6.97. The number of carboxylic acids is 1. The molecular formula is C21H25N5O4. The van der Waals surface area contributed by atoms with E-state index in [9.17, 15) is 9.90 Å². The van der Waals surface area contributed by atoms with Crippen molar-refractivity contribution in [1.29, 1.82) is 0 Å². The van der Waals surface area contributed by atoms with Crippen LogP contribution in [0.1, 0.15) is 25.8 Å². The smallest absolute Gasteiger partial charge is 0.346 e. The van der Waals surface area contributed by atoms with Crippen molar-refractivity contribution in [2.24, 2.45) is 5.92 Å². The molecule has 2 N–H and O–H groups in total. The maximum atomic E-state index is 11.4. The van der Waals surface area contributed by atoms with E-state index < -0.39 is 12.0 Å². The van der Waals surface area contributed by atoms with Gasteiger partial charge in [0.05, 0.1) is 12.8 Å². The first-order valence-electron chi connectivity index (χ1n) is 9.62. The van der Waals surface area contributed by atoms with Crippen molar-refractivity contribution >= 4 is 5.97 Å². The van der Waals surface area contributed by atoms with Gasteiger partial charge in [-0.3, -0.25) is 4.79 Å². The Morgan fingerprint density at radius 3 is 2.60 bits per heavy atom. The van der Waals surface area contributed by atoms with Crippen LogP contribution in [0.3, 0.4) is 0 Å². The van der Waals surface area contributed by atoms with Crippen LogP contribution in [-0.2, 0) is 11.3 Å². The van der Waals surface area contributed by atoms with E-state index >= 15 is 0 Å². The lowest BCUT2D eigenvalue weighted by molar-refractivity contribution is -0.140. The molecule has 0 spiro atoms. The Morgan fingerprint density at radius 2 is 1.93 bits per heavy atom. The molecule has 0 saturated heterocycles. The number of hydrogen-bond donors (Lipinski definition) is 2. The fourth-order valence-corrected chi connectivity index (χ4v) is 2.96. The number of nitrogens with one attached hydrogen (secondary N) is 1. The molecule has 1 unspecified atom stereocenters. The lowest BCUT2D eigenvalue weighted by Crippen LogP contribution is -2.37. The van der Waals surface area contributed by atoms with Gasteiger partial charge in [0.25, 0.3) is 0 Å². The highest BCUT2D eigenvalue weighted by molar-refractivity contribution is 5.73. The highest BCUT2D eigenvalue weighted by Crippen LogP contribution is 2.32. The summed E-state index contributed by atoms with van der Waals surface area (Å²) in [5, 5.41) is 24.1. The van der Waals surface area contributed by atoms with Crippen LogP contribution < -0.4 is 14.8 Å². The minimum absolute atomic E-state index is 0.202. The second-order valence-electron chi connectivity index (χ2n) is 7.20. The molecule has 9 heteroatoms. The van der Waals surface area contributed by atoms with E-state index in [-0.39, 0.29) is 11.9 Å². The lowest BCUT2D eigenvalue weighted by Gasteiger charge is -2.17. The molecule has 0 aliphatic carbocycles. The molecular weight excluding hydrogens is 386 g/mol. The highest BCUT2D eigenvalue weighted by Gasteiger charge is 2.19. The molecule has 0 bridgehead atoms. The summed E-state index contributed by atoms with van der Waals surface area (Å²) in [5.41, 5.74) is 1.64. The number of methoxy groups -OCH3 is 1. The first-order chi connectivity index (χ1) is 14.5. The maximum absolute atomic E-state index is 11.4. The molecule has 158 valence electrons. The fraction of sp³-hybridized carbons (Fsp3) is 0.333. The van der Waals surface area contributed by atoms with Crippen LogP contribution >= 0.6 is 0 Å². The second-order valence-corrected chi connectivity index (χ2v) is 7.20. The van der Waals surface area contributed by atoms with Gasteiger partial charge < -0.3 is 19.9 Å². The van der Waals surface area contributed by atoms with Gasteiger partial charge in [-0.25, -0.2) is 0 Å². The predicted molar refractivity (Wildman–Crippen MR) is 110 cm³/mol. The van der Waals surface area contributed by atoms with Crippen LogP contribution in [0.15, 0.2) is 48.5 Å². The number of carboxylic acid groups (broad SMARTS) is 1. The molecule has 30 heavy (non-hydrogen) atoms. The summed E-state index contributed by atoms with van der Waals surface area (Å²) in [5.74, 6) is 0.362. The van der Waals surface area contributed by atoms with Gasteiger partial charge in [0.2, 0.25) is 0 Å². The lowest BCUT2D eigenvalue weighted by atomic mass is 10.0. The summed E-state index contributed by atoms with van der Waals surface area (Å²) in [4.78, 5) is 11.4. The zero-order valence-corrected chi connectivity index (χ0v) is 17.1. The Hall–Kier alpha value is -3.46. The number of ether oxygens (including phenoxy) is 2. The zero-order valence-electron chi connectivity index (χ0n) is 17.1. The van der Waals surface area contributed by atoms with Crippen LogP contribution in [0.2, 0.25) is 0 Å². The quantitative estimate of drug-likeness (QED) is 0.524. The summed E-state index contributed by atoms with van der Waals surface area (Å²) < 4.78 is 12.8. The number of para-hydroxylation sites is 1. The molecule has 2 aromatic carbocycles. The van der Waals surface area contributed by atoms with E-state index in [0.717, 1.165) is 11.3 Å². The van der Waals surface area contributed by atoms with Crippen molar-refractivity contribution in [3.63, 3.8) is 0 Å². The van der Waals surface area contributed by atoms with Gasteiger partial charge in [0.1, 0.15) is 6.04 Å². The Morgan fingerprint density at radius 1 is 1.17 bits per heavy atom. The van der Waals surface area contributed by atoms with Gasteiger partial charge in [-0.05, 0) is 52.6 Å². The summed E-state index contributed by atoms with van der Waals surface area (Å²) in [6.45, 7) is 4.38. The number of aliphatic carboxylic acids is 1. The molecule has 0 aliphatic heterocycles. The third kappa shape index (κ3) is 5.32. The fourth-order valence-electron chi connectivity index (χ4n) is 2.96. The van der Waals surface area contributed by atoms with Crippen molar-refractivity contribution < 1.29 is 19.4 Å². The predicted octanol–water partition coefficient (Wildman–Crippen LogP) is 3.05. The molecule has 0 amide bonds. The average molecular weight is 411 g/mol. The molecule has 9 nitrogen and oxygen atoms in total. The SMILES string of the molecule is COc1cc(CNC(CC(C)C)C(=O)O)ccc1Oc1nnnn1-c1ccccc1. The largest absolute Gasteiger partial charge is 0.493 e. The van der Waals surface area contributed by atoms with Crippen molar-refractivity contribution in [3.05, 3.63) is 54.1 Å². The molecule has 1 atom stereocenters. The number of carbonyl (C=O) groups is 1. The number of hydrogen-bond acceptors (Lipinski definition) is 7. The van der Waals surface area contributed by atoms with Crippen molar-refractivity contribution in [2.45, 2.75) is 32.9 Å². The number of rotatable bonds is 10. The van der Waals surface area contributed by atoms with Crippen molar-refractivity contribution in [2.75, 3.05) is 7.11 Å². The van der Waals surface area contributed by atoms with E-state index in [4.69, 9.17) is 9.47 Å². The highest BCUT2D eigenvalue weighted by atomic mass is 16.5. The molecule has 0 aliphatic rings. The van der Waals surface area contributed by atoms with Gasteiger partial charge in [-0.2, -0.15) is 4.68 Å². The second kappa shape index (κ2) is 9.84. The normalized spacial score (nSPS) is 12.0. The summed E-state index contributed by atoms with van der Waals surface area (Å²) in [6, 6.07) is 14.4. The third-order valence-corrected chi connectivity index (χ3v) is 4.43. The Labute approximate surface area is 174 Å². The monoisotopic (exact) mass is 411 g/mol. The van der Waals surface area contributed by atoms with E-state index in [0.29, 0.717) is 24.5 Å². The molecule has 0 saturated carbocycles. The molecule has 1 heterocycles. The van der Waals surface area contributed by atoms with Gasteiger partial charge in [-0.1, -0.05) is 43.2 Å². The first-order valence-corrected chi connectivity index (χ1v) is 9.62. The van der Waals surface area contributed by atoms with Gasteiger partial charge in [0.15, 0.2) is 11.5 Å². The number of aromatic nitrogens is 4. The van der Waals surface area contributed by atoms with E-state index in [1.165, 1.54) is 4.68 Å². The molecule has 3 aromatic rings. The topological polar surface area (TPSA) is 111 Å². The molecule has 1 aromatic heterocycles. The molecule has 0 fully saturated rings. The molecule has 0 radical (unpaired) electrons. The Balaban J connectivity index is 1.74. The van der Waals surface area contributed by atoms with Crippen LogP contribution in [-0.4, -0.2) is 44.4 Å². The minimum atomic E-state index is -0.858. The van der Waals surface area contributed by atoms with Crippen LogP contribution in [0.25, 0.3) is 5.69 Å². The van der Waals surface area contributed by atoms with Crippen LogP contribution in [0.5, 0.6) is 17.5 Å². The summed E-state index contributed by atoms with van der Waals surface area (Å²) >= 11 is 0. The first kappa shape index (κ1) is 21.3. The minimum Gasteiger partial charge on any atom is -0.493 e. The van der Waals surface area contributed by atoms with Gasteiger partial charge in [-0.15, -0.1) is 0 Å². The van der Waals surface area contributed by atoms with E-state index in [2.05, 4.69) is 20.8 Å². The molecule has 3 rings (SSSR count). The van der Waals surface area contributed by atoms with Crippen LogP contribution in [0.4, 0.5) is 0 Å². The standard InChI is InChI=1S/C21H25N5O4/c1-14(2)11-17(20(27)28)22-13-15-9-10-18(19(12-15)29-3)30-21-23-24-25-26(21)16-7-5-4-6-8-16/h4-10,12,14,17,22H,11,13H2,1-3H3,(H,27,28). The van der Waals surface area contributed by atoms with E-state index in [1.54, 1.807) is 19.2 Å². The van der Waals surface area contributed by atoms with Gasteiger partial charge in [0, 0.05) is 6.54 Å². The van der Waals surface area contributed by atoms with Crippen molar-refractivity contribution in [3.8, 4) is 23.2 Å². The summed E-state index contributed by atoms with van der Waals surface area (Å²) in [7, 11) is 1.54. The zero-order chi connectivity index (χ0) is 21.5. The van der Waals surface area contributed by atoms with Crippen molar-refractivity contribution in [1.82, 2.24) is 25.5 Å². The maximum Gasteiger partial charge on any atom is 0.346 e. The van der Waals surface area contributed by atoms with Crippen LogP contribution in [0, 0.1) is 5.92 Å².